The lowest BCUT2D eigenvalue weighted by molar-refractivity contribution is -0.137. The van der Waals surface area contributed by atoms with Crippen molar-refractivity contribution in [1.82, 2.24) is 0 Å². The maximum absolute atomic E-state index is 10.4. The molecule has 0 aromatic heterocycles. The summed E-state index contributed by atoms with van der Waals surface area (Å²) < 4.78 is 0. The molecule has 0 aliphatic heterocycles. The van der Waals surface area contributed by atoms with Crippen molar-refractivity contribution in [2.45, 2.75) is 19.8 Å². The fourth-order valence-electron chi connectivity index (χ4n) is 1.54. The summed E-state index contributed by atoms with van der Waals surface area (Å²) in [5.74, 6) is -0.575. The number of nitrogens with one attached hydrogen (secondary N) is 1. The summed E-state index contributed by atoms with van der Waals surface area (Å²) in [6, 6.07) is 7.27. The number of carboxylic acids is 1. The van der Waals surface area contributed by atoms with Crippen molar-refractivity contribution in [2.75, 3.05) is 11.9 Å². The molecule has 1 aromatic rings. The Balaban J connectivity index is 2.56. The fourth-order valence-corrected chi connectivity index (χ4v) is 1.76. The van der Waals surface area contributed by atoms with Crippen LogP contribution in [0.5, 0.6) is 0 Å². The van der Waals surface area contributed by atoms with E-state index in [0.29, 0.717) is 29.2 Å². The number of carboxylic acid groups (broad SMARTS) is 1. The van der Waals surface area contributed by atoms with Crippen molar-refractivity contribution in [1.29, 1.82) is 5.26 Å². The number of carbonyl (C=O) groups is 1. The summed E-state index contributed by atoms with van der Waals surface area (Å²) in [7, 11) is 0. The summed E-state index contributed by atoms with van der Waals surface area (Å²) in [5, 5.41) is 21.1. The van der Waals surface area contributed by atoms with Crippen LogP contribution in [0.15, 0.2) is 18.2 Å². The molecule has 0 saturated carbocycles. The molecule has 0 radical (unpaired) electrons. The van der Waals surface area contributed by atoms with Crippen LogP contribution < -0.4 is 5.32 Å². The maximum Gasteiger partial charge on any atom is 0.303 e. The molecule has 0 bridgehead atoms. The van der Waals surface area contributed by atoms with Gasteiger partial charge in [-0.2, -0.15) is 5.26 Å². The normalized spacial score (nSPS) is 11.6. The van der Waals surface area contributed by atoms with Crippen LogP contribution in [-0.4, -0.2) is 17.6 Å². The Bertz CT molecular complexity index is 469. The van der Waals surface area contributed by atoms with Crippen LogP contribution in [0.1, 0.15) is 25.3 Å². The number of rotatable bonds is 6. The number of halogens is 1. The smallest absolute Gasteiger partial charge is 0.303 e. The SMILES string of the molecule is CC(CCC(=O)O)CNc1cccc(Cl)c1C#N. The summed E-state index contributed by atoms with van der Waals surface area (Å²) in [5.41, 5.74) is 1.11. The lowest BCUT2D eigenvalue weighted by Gasteiger charge is -2.13. The second-order valence-corrected chi connectivity index (χ2v) is 4.60. The number of anilines is 1. The number of hydrogen-bond acceptors (Lipinski definition) is 3. The molecular formula is C13H15ClN2O2. The average Bonchev–Trinajstić information content (AvgIpc) is 2.33. The van der Waals surface area contributed by atoms with Gasteiger partial charge in [0, 0.05) is 13.0 Å². The van der Waals surface area contributed by atoms with Crippen molar-refractivity contribution < 1.29 is 9.90 Å². The van der Waals surface area contributed by atoms with Crippen LogP contribution >= 0.6 is 11.6 Å². The Morgan fingerprint density at radius 1 is 1.61 bits per heavy atom. The Morgan fingerprint density at radius 3 is 2.94 bits per heavy atom. The third-order valence-electron chi connectivity index (χ3n) is 2.62. The molecule has 0 spiro atoms. The third-order valence-corrected chi connectivity index (χ3v) is 2.93. The van der Waals surface area contributed by atoms with Gasteiger partial charge in [0.2, 0.25) is 0 Å². The van der Waals surface area contributed by atoms with Gasteiger partial charge in [0.1, 0.15) is 6.07 Å². The largest absolute Gasteiger partial charge is 0.481 e. The highest BCUT2D eigenvalue weighted by atomic mass is 35.5. The van der Waals surface area contributed by atoms with Gasteiger partial charge in [0.05, 0.1) is 16.3 Å². The van der Waals surface area contributed by atoms with Crippen LogP contribution in [0.4, 0.5) is 5.69 Å². The summed E-state index contributed by atoms with van der Waals surface area (Å²) in [4.78, 5) is 10.4. The Hall–Kier alpha value is -1.73. The van der Waals surface area contributed by atoms with E-state index in [-0.39, 0.29) is 12.3 Å². The molecule has 1 unspecified atom stereocenters. The quantitative estimate of drug-likeness (QED) is 0.830. The van der Waals surface area contributed by atoms with Gasteiger partial charge >= 0.3 is 5.97 Å². The van der Waals surface area contributed by atoms with E-state index in [0.717, 1.165) is 0 Å². The van der Waals surface area contributed by atoms with Gasteiger partial charge in [-0.3, -0.25) is 4.79 Å². The molecule has 0 heterocycles. The lowest BCUT2D eigenvalue weighted by Crippen LogP contribution is -2.13. The van der Waals surface area contributed by atoms with Gasteiger partial charge in [0.25, 0.3) is 0 Å². The van der Waals surface area contributed by atoms with Crippen LogP contribution in [0, 0.1) is 17.2 Å². The van der Waals surface area contributed by atoms with E-state index in [2.05, 4.69) is 5.32 Å². The van der Waals surface area contributed by atoms with Gasteiger partial charge in [-0.1, -0.05) is 24.6 Å². The van der Waals surface area contributed by atoms with Crippen molar-refractivity contribution in [3.05, 3.63) is 28.8 Å². The monoisotopic (exact) mass is 266 g/mol. The highest BCUT2D eigenvalue weighted by molar-refractivity contribution is 6.32. The third kappa shape index (κ3) is 4.27. The number of nitrogens with zero attached hydrogens (tertiary/aromatic N) is 1. The average molecular weight is 267 g/mol. The van der Waals surface area contributed by atoms with E-state index in [4.69, 9.17) is 22.0 Å². The molecule has 4 nitrogen and oxygen atoms in total. The van der Waals surface area contributed by atoms with Crippen molar-refractivity contribution >= 4 is 23.3 Å². The van der Waals surface area contributed by atoms with Crippen LogP contribution in [0.25, 0.3) is 0 Å². The summed E-state index contributed by atoms with van der Waals surface area (Å²) in [6.45, 7) is 2.58. The molecular weight excluding hydrogens is 252 g/mol. The standard InChI is InChI=1S/C13H15ClN2O2/c1-9(5-6-13(17)18)8-16-12-4-2-3-11(14)10(12)7-15/h2-4,9,16H,5-6,8H2,1H3,(H,17,18). The molecule has 0 fully saturated rings. The van der Waals surface area contributed by atoms with E-state index in [9.17, 15) is 4.79 Å². The zero-order chi connectivity index (χ0) is 13.5. The number of hydrogen-bond donors (Lipinski definition) is 2. The first kappa shape index (κ1) is 14.3. The molecule has 0 aliphatic rings. The first-order valence-corrected chi connectivity index (χ1v) is 6.06. The van der Waals surface area contributed by atoms with Crippen LogP contribution in [-0.2, 0) is 4.79 Å². The molecule has 0 aliphatic carbocycles. The van der Waals surface area contributed by atoms with Gasteiger partial charge < -0.3 is 10.4 Å². The maximum atomic E-state index is 10.4. The minimum Gasteiger partial charge on any atom is -0.481 e. The number of nitriles is 1. The molecule has 0 amide bonds. The predicted octanol–water partition coefficient (Wildman–Crippen LogP) is 3.12. The molecule has 96 valence electrons. The fraction of sp³-hybridized carbons (Fsp3) is 0.385. The lowest BCUT2D eigenvalue weighted by atomic mass is 10.1. The van der Waals surface area contributed by atoms with Gasteiger partial charge in [-0.15, -0.1) is 0 Å². The number of benzene rings is 1. The number of aliphatic carboxylic acids is 1. The van der Waals surface area contributed by atoms with Crippen molar-refractivity contribution in [3.63, 3.8) is 0 Å². The minimum atomic E-state index is -0.790. The molecule has 1 atom stereocenters. The van der Waals surface area contributed by atoms with Gasteiger partial charge in [-0.25, -0.2) is 0 Å². The summed E-state index contributed by atoms with van der Waals surface area (Å²) >= 11 is 5.91. The summed E-state index contributed by atoms with van der Waals surface area (Å²) in [6.07, 6.45) is 0.758. The Labute approximate surface area is 111 Å². The van der Waals surface area contributed by atoms with Gasteiger partial charge in [-0.05, 0) is 24.5 Å². The topological polar surface area (TPSA) is 73.1 Å². The molecule has 2 N–H and O–H groups in total. The van der Waals surface area contributed by atoms with E-state index in [1.165, 1.54) is 0 Å². The molecule has 18 heavy (non-hydrogen) atoms. The van der Waals surface area contributed by atoms with E-state index >= 15 is 0 Å². The van der Waals surface area contributed by atoms with Crippen LogP contribution in [0.3, 0.4) is 0 Å². The molecule has 0 saturated heterocycles. The first-order valence-electron chi connectivity index (χ1n) is 5.69. The predicted molar refractivity (Wildman–Crippen MR) is 70.7 cm³/mol. The first-order chi connectivity index (χ1) is 8.54. The molecule has 5 heteroatoms. The minimum absolute atomic E-state index is 0.156. The van der Waals surface area contributed by atoms with E-state index < -0.39 is 5.97 Å². The van der Waals surface area contributed by atoms with E-state index in [1.54, 1.807) is 18.2 Å². The molecule has 1 aromatic carbocycles. The van der Waals surface area contributed by atoms with E-state index in [1.807, 2.05) is 13.0 Å². The van der Waals surface area contributed by atoms with Crippen molar-refractivity contribution in [3.8, 4) is 6.07 Å². The van der Waals surface area contributed by atoms with Crippen molar-refractivity contribution in [2.24, 2.45) is 5.92 Å². The zero-order valence-corrected chi connectivity index (χ0v) is 10.9. The van der Waals surface area contributed by atoms with Gasteiger partial charge in [0.15, 0.2) is 0 Å². The molecule has 1 rings (SSSR count). The Kier molecular flexibility index (Phi) is 5.47. The highest BCUT2D eigenvalue weighted by Crippen LogP contribution is 2.23. The Morgan fingerprint density at radius 2 is 2.33 bits per heavy atom. The zero-order valence-electron chi connectivity index (χ0n) is 10.1. The second kappa shape index (κ2) is 6.87. The van der Waals surface area contributed by atoms with Crippen LogP contribution in [0.2, 0.25) is 5.02 Å². The highest BCUT2D eigenvalue weighted by Gasteiger charge is 2.09. The second-order valence-electron chi connectivity index (χ2n) is 4.19.